The lowest BCUT2D eigenvalue weighted by Crippen LogP contribution is -2.42. The topological polar surface area (TPSA) is 104 Å². The summed E-state index contributed by atoms with van der Waals surface area (Å²) < 4.78 is 0. The first-order valence-corrected chi connectivity index (χ1v) is 37.6. The highest BCUT2D eigenvalue weighted by molar-refractivity contribution is 5.89. The van der Waals surface area contributed by atoms with Crippen molar-refractivity contribution in [3.63, 3.8) is 0 Å². The van der Waals surface area contributed by atoms with Gasteiger partial charge in [0, 0.05) is 65.5 Å². The maximum Gasteiger partial charge on any atom is 0.225 e. The van der Waals surface area contributed by atoms with Gasteiger partial charge in [-0.1, -0.05) is 265 Å². The van der Waals surface area contributed by atoms with E-state index in [1.165, 1.54) is 102 Å². The standard InChI is InChI=1S/C17H24O.C16H23NO.2C16H22O.C14H19NO.C10H21N/c1-12(9-16(18)17(2,3)4)15-10-13-7-5-6-8-14(13)11-15;1-16(2,3)15(18)14-10-7-11-17(14)12-13-8-5-4-6-9-13;1-16(2,3)15(17)9-8-12-10-13-6-4-5-7-14(13)11-12;1-16(2,3)15(17)11-10-13-9-8-12-6-4-5-7-14(12)13;1-14(2,3)13(16)15-12-8-10-6-4-5-7-11(10)9-12;1-10(2,3)9-11-7-5-4-6-8-11/h5-8,12,15H,9-11H2,1-4H3;4-6,8-9,14H,7,10-12H2,1-3H3;4-7,12H,8-11H2,1-3H3;4-7,13H,8-11H2,1-3H3;4-7,12H,8-9H2,1-3H3,(H,15,16);4-9H2,1-3H3. The van der Waals surface area contributed by atoms with E-state index in [1.807, 2.05) is 110 Å². The van der Waals surface area contributed by atoms with E-state index in [-0.39, 0.29) is 45.1 Å². The van der Waals surface area contributed by atoms with Crippen LogP contribution in [-0.4, -0.2) is 77.1 Å². The quantitative estimate of drug-likeness (QED) is 0.118. The number of hydrogen-bond donors (Lipinski definition) is 1. The largest absolute Gasteiger partial charge is 0.352 e. The molecule has 0 saturated carbocycles. The predicted molar refractivity (Wildman–Crippen MR) is 407 cm³/mol. The first-order chi connectivity index (χ1) is 45.3. The summed E-state index contributed by atoms with van der Waals surface area (Å²) in [6.45, 7) is 45.1. The van der Waals surface area contributed by atoms with Gasteiger partial charge >= 0.3 is 0 Å². The Kier molecular flexibility index (Phi) is 29.7. The molecule has 532 valence electrons. The van der Waals surface area contributed by atoms with E-state index < -0.39 is 0 Å². The van der Waals surface area contributed by atoms with Crippen molar-refractivity contribution in [3.8, 4) is 0 Å². The molecule has 3 unspecified atom stereocenters. The fourth-order valence-corrected chi connectivity index (χ4v) is 14.4. The number of benzene rings is 5. The number of carbonyl (C=O) groups is 5. The molecule has 2 heterocycles. The van der Waals surface area contributed by atoms with Gasteiger partial charge in [0.05, 0.1) is 6.04 Å². The number of nitrogens with zero attached hydrogens (tertiary/aromatic N) is 2. The highest BCUT2D eigenvalue weighted by Crippen LogP contribution is 2.38. The summed E-state index contributed by atoms with van der Waals surface area (Å²) in [7, 11) is 0. The molecular formula is C89H131N3O5. The average Bonchev–Trinajstić information content (AvgIpc) is 1.67. The monoisotopic (exact) mass is 1320 g/mol. The Labute approximate surface area is 590 Å². The first-order valence-electron chi connectivity index (χ1n) is 37.6. The van der Waals surface area contributed by atoms with Gasteiger partial charge < -0.3 is 10.2 Å². The summed E-state index contributed by atoms with van der Waals surface area (Å²) in [4.78, 5) is 65.2. The Morgan fingerprint density at radius 1 is 0.454 bits per heavy atom. The van der Waals surface area contributed by atoms with E-state index in [1.54, 1.807) is 0 Å². The van der Waals surface area contributed by atoms with Gasteiger partial charge in [-0.05, 0) is 189 Å². The number of carbonyl (C=O) groups excluding carboxylic acids is 5. The number of nitrogens with one attached hydrogen (secondary N) is 1. The lowest BCUT2D eigenvalue weighted by Gasteiger charge is -2.32. The number of hydrogen-bond acceptors (Lipinski definition) is 7. The van der Waals surface area contributed by atoms with Crippen molar-refractivity contribution in [2.75, 3.05) is 26.2 Å². The summed E-state index contributed by atoms with van der Waals surface area (Å²) in [5.74, 6) is 4.14. The summed E-state index contributed by atoms with van der Waals surface area (Å²) in [5, 5.41) is 3.13. The van der Waals surface area contributed by atoms with Crippen LogP contribution < -0.4 is 5.32 Å². The molecule has 8 nitrogen and oxygen atoms in total. The number of piperidine rings is 1. The second-order valence-corrected chi connectivity index (χ2v) is 35.9. The zero-order chi connectivity index (χ0) is 71.5. The highest BCUT2D eigenvalue weighted by atomic mass is 16.2. The minimum atomic E-state index is -0.297. The van der Waals surface area contributed by atoms with Crippen LogP contribution in [0.5, 0.6) is 0 Å². The number of rotatable bonds is 14. The Hall–Kier alpha value is -5.83. The number of Topliss-reactive ketones (excluding diaryl/α,β-unsaturated/α-hetero) is 4. The summed E-state index contributed by atoms with van der Waals surface area (Å²) in [6, 6.07) is 45.3. The van der Waals surface area contributed by atoms with E-state index in [2.05, 4.69) is 164 Å². The van der Waals surface area contributed by atoms with E-state index in [0.29, 0.717) is 52.2 Å². The SMILES string of the molecule is CC(C)(C)C(=O)C1CCCN1Cc1ccccc1.CC(C)(C)C(=O)CCC1CCc2ccccc21.CC(C)(C)C(=O)CCC1Cc2ccccc2C1.CC(C)(C)C(=O)NC1Cc2ccccc2C1.CC(C)(C)CN1CCCCC1.CC(CC(=O)C(C)(C)C)C1Cc2ccccc2C1. The van der Waals surface area contributed by atoms with E-state index in [0.717, 1.165) is 96.6 Å². The van der Waals surface area contributed by atoms with Crippen molar-refractivity contribution in [2.45, 2.75) is 272 Å². The van der Waals surface area contributed by atoms with Crippen LogP contribution in [0.25, 0.3) is 0 Å². The normalized spacial score (nSPS) is 18.5. The lowest BCUT2D eigenvalue weighted by atomic mass is 9.80. The molecule has 5 aromatic rings. The number of likely N-dealkylation sites (tertiary alicyclic amines) is 2. The maximum absolute atomic E-state index is 12.4. The fourth-order valence-electron chi connectivity index (χ4n) is 14.4. The molecule has 0 aromatic heterocycles. The third-order valence-corrected chi connectivity index (χ3v) is 20.6. The molecule has 1 N–H and O–H groups in total. The van der Waals surface area contributed by atoms with E-state index >= 15 is 0 Å². The molecule has 2 aliphatic heterocycles. The minimum absolute atomic E-state index is 0.116. The minimum Gasteiger partial charge on any atom is -0.352 e. The smallest absolute Gasteiger partial charge is 0.225 e. The van der Waals surface area contributed by atoms with Crippen LogP contribution >= 0.6 is 0 Å². The van der Waals surface area contributed by atoms with Gasteiger partial charge in [-0.2, -0.15) is 0 Å². The van der Waals surface area contributed by atoms with E-state index in [4.69, 9.17) is 0 Å². The zero-order valence-electron chi connectivity index (χ0n) is 64.3. The molecule has 6 aliphatic rings. The highest BCUT2D eigenvalue weighted by Gasteiger charge is 2.37. The summed E-state index contributed by atoms with van der Waals surface area (Å²) in [5.41, 5.74) is 12.4. The molecular weight excluding hydrogens is 1190 g/mol. The van der Waals surface area contributed by atoms with Crippen LogP contribution in [0.15, 0.2) is 127 Å². The van der Waals surface area contributed by atoms with Crippen molar-refractivity contribution < 1.29 is 24.0 Å². The maximum atomic E-state index is 12.4. The van der Waals surface area contributed by atoms with Crippen LogP contribution in [0.3, 0.4) is 0 Å². The third-order valence-electron chi connectivity index (χ3n) is 20.6. The average molecular weight is 1320 g/mol. The van der Waals surface area contributed by atoms with Crippen LogP contribution in [0, 0.1) is 50.2 Å². The summed E-state index contributed by atoms with van der Waals surface area (Å²) in [6.07, 6.45) is 19.6. The van der Waals surface area contributed by atoms with Gasteiger partial charge in [0.25, 0.3) is 0 Å². The molecule has 2 fully saturated rings. The second kappa shape index (κ2) is 36.0. The van der Waals surface area contributed by atoms with Gasteiger partial charge in [0.1, 0.15) is 17.3 Å². The van der Waals surface area contributed by atoms with E-state index in [9.17, 15) is 24.0 Å². The molecule has 4 aliphatic carbocycles. The molecule has 97 heavy (non-hydrogen) atoms. The van der Waals surface area contributed by atoms with Crippen LogP contribution in [0.2, 0.25) is 0 Å². The molecule has 0 radical (unpaired) electrons. The second-order valence-electron chi connectivity index (χ2n) is 35.9. The number of aryl methyl sites for hydroxylation is 1. The molecule has 11 rings (SSSR count). The van der Waals surface area contributed by atoms with Gasteiger partial charge in [0.2, 0.25) is 5.91 Å². The van der Waals surface area contributed by atoms with Crippen LogP contribution in [-0.2, 0) is 75.5 Å². The van der Waals surface area contributed by atoms with Crippen molar-refractivity contribution >= 4 is 29.0 Å². The zero-order valence-corrected chi connectivity index (χ0v) is 64.3. The number of amides is 1. The molecule has 1 amide bonds. The Morgan fingerprint density at radius 3 is 1.36 bits per heavy atom. The molecule has 8 heteroatoms. The number of ketones is 4. The summed E-state index contributed by atoms with van der Waals surface area (Å²) >= 11 is 0. The van der Waals surface area contributed by atoms with Crippen LogP contribution in [0.1, 0.15) is 258 Å². The third kappa shape index (κ3) is 26.7. The van der Waals surface area contributed by atoms with Gasteiger partial charge in [-0.25, -0.2) is 0 Å². The molecule has 2 saturated heterocycles. The first kappa shape index (κ1) is 80.1. The fraction of sp³-hybridized carbons (Fsp3) is 0.607. The van der Waals surface area contributed by atoms with Crippen molar-refractivity contribution in [1.29, 1.82) is 0 Å². The van der Waals surface area contributed by atoms with Crippen molar-refractivity contribution in [2.24, 2.45) is 50.2 Å². The van der Waals surface area contributed by atoms with Gasteiger partial charge in [0.15, 0.2) is 5.78 Å². The predicted octanol–water partition coefficient (Wildman–Crippen LogP) is 20.1. The Morgan fingerprint density at radius 2 is 0.897 bits per heavy atom. The molecule has 0 bridgehead atoms. The molecule has 5 aromatic carbocycles. The van der Waals surface area contributed by atoms with Crippen LogP contribution in [0.4, 0.5) is 0 Å². The Bertz CT molecular complexity index is 3220. The van der Waals surface area contributed by atoms with Gasteiger partial charge in [-0.15, -0.1) is 0 Å². The molecule has 0 spiro atoms. The van der Waals surface area contributed by atoms with Gasteiger partial charge in [-0.3, -0.25) is 28.9 Å². The molecule has 3 atom stereocenters. The Balaban J connectivity index is 0.000000185. The van der Waals surface area contributed by atoms with Crippen molar-refractivity contribution in [3.05, 3.63) is 177 Å². The lowest BCUT2D eigenvalue weighted by molar-refractivity contribution is -0.131. The number of fused-ring (bicyclic) bond motifs is 4. The van der Waals surface area contributed by atoms with Crippen molar-refractivity contribution in [1.82, 2.24) is 15.1 Å².